The molecular formula is C21H25NO3. The van der Waals surface area contributed by atoms with Crippen molar-refractivity contribution in [3.63, 3.8) is 0 Å². The zero-order chi connectivity index (χ0) is 17.8. The highest BCUT2D eigenvalue weighted by Gasteiger charge is 2.24. The number of amides is 1. The molecule has 2 aromatic carbocycles. The third-order valence-electron chi connectivity index (χ3n) is 4.85. The quantitative estimate of drug-likeness (QED) is 0.837. The molecule has 0 N–H and O–H groups in total. The van der Waals surface area contributed by atoms with Crippen molar-refractivity contribution in [2.75, 3.05) is 20.8 Å². The summed E-state index contributed by atoms with van der Waals surface area (Å²) >= 11 is 0. The number of methoxy groups -OCH3 is 2. The number of carbonyl (C=O) groups is 1. The van der Waals surface area contributed by atoms with Crippen molar-refractivity contribution in [2.45, 2.75) is 26.3 Å². The molecule has 4 heteroatoms. The van der Waals surface area contributed by atoms with Gasteiger partial charge in [-0.05, 0) is 41.7 Å². The van der Waals surface area contributed by atoms with E-state index >= 15 is 0 Å². The van der Waals surface area contributed by atoms with Gasteiger partial charge in [-0.3, -0.25) is 4.79 Å². The van der Waals surface area contributed by atoms with Crippen LogP contribution in [0.5, 0.6) is 11.5 Å². The predicted molar refractivity (Wildman–Crippen MR) is 98.0 cm³/mol. The Labute approximate surface area is 149 Å². The Morgan fingerprint density at radius 3 is 2.52 bits per heavy atom. The summed E-state index contributed by atoms with van der Waals surface area (Å²) in [5.41, 5.74) is 3.70. The summed E-state index contributed by atoms with van der Waals surface area (Å²) in [6.07, 6.45) is 1.63. The summed E-state index contributed by atoms with van der Waals surface area (Å²) < 4.78 is 10.6. The first-order chi connectivity index (χ1) is 12.1. The molecule has 3 rings (SSSR count). The van der Waals surface area contributed by atoms with Crippen LogP contribution >= 0.6 is 0 Å². The van der Waals surface area contributed by atoms with Crippen LogP contribution in [0.4, 0.5) is 0 Å². The van der Waals surface area contributed by atoms with Crippen molar-refractivity contribution < 1.29 is 14.3 Å². The summed E-state index contributed by atoms with van der Waals surface area (Å²) in [7, 11) is 3.25. The van der Waals surface area contributed by atoms with Gasteiger partial charge in [0.2, 0.25) is 5.91 Å². The Balaban J connectivity index is 1.67. The monoisotopic (exact) mass is 339 g/mol. The Hall–Kier alpha value is -2.49. The van der Waals surface area contributed by atoms with E-state index < -0.39 is 0 Å². The minimum absolute atomic E-state index is 0.0663. The smallest absolute Gasteiger partial charge is 0.226 e. The summed E-state index contributed by atoms with van der Waals surface area (Å²) in [4.78, 5) is 14.8. The molecule has 0 spiro atoms. The van der Waals surface area contributed by atoms with Gasteiger partial charge >= 0.3 is 0 Å². The van der Waals surface area contributed by atoms with Crippen molar-refractivity contribution in [3.05, 3.63) is 59.2 Å². The van der Waals surface area contributed by atoms with Crippen LogP contribution in [0.3, 0.4) is 0 Å². The maximum atomic E-state index is 12.9. The van der Waals surface area contributed by atoms with Crippen molar-refractivity contribution in [1.82, 2.24) is 4.90 Å². The number of carbonyl (C=O) groups excluding carboxylic acids is 1. The number of hydrogen-bond acceptors (Lipinski definition) is 3. The van der Waals surface area contributed by atoms with Crippen LogP contribution < -0.4 is 9.47 Å². The summed E-state index contributed by atoms with van der Waals surface area (Å²) in [5.74, 6) is 1.55. The van der Waals surface area contributed by atoms with E-state index in [1.54, 1.807) is 14.2 Å². The molecule has 1 aliphatic heterocycles. The Kier molecular flexibility index (Phi) is 5.27. The van der Waals surface area contributed by atoms with E-state index in [2.05, 4.69) is 18.2 Å². The zero-order valence-electron chi connectivity index (χ0n) is 15.1. The highest BCUT2D eigenvalue weighted by Crippen LogP contribution is 2.29. The van der Waals surface area contributed by atoms with E-state index in [1.807, 2.05) is 36.1 Å². The number of ether oxygens (including phenoxy) is 2. The summed E-state index contributed by atoms with van der Waals surface area (Å²) in [6, 6.07) is 14.2. The second kappa shape index (κ2) is 7.60. The number of nitrogens with zero attached hydrogens (tertiary/aromatic N) is 1. The third-order valence-corrected chi connectivity index (χ3v) is 4.85. The lowest BCUT2D eigenvalue weighted by molar-refractivity contribution is -0.135. The molecule has 0 bridgehead atoms. The second-order valence-electron chi connectivity index (χ2n) is 6.57. The lowest BCUT2D eigenvalue weighted by Crippen LogP contribution is -2.39. The molecule has 132 valence electrons. The van der Waals surface area contributed by atoms with E-state index in [-0.39, 0.29) is 11.8 Å². The van der Waals surface area contributed by atoms with Crippen LogP contribution in [0.25, 0.3) is 0 Å². The third kappa shape index (κ3) is 3.78. The van der Waals surface area contributed by atoms with Crippen molar-refractivity contribution >= 4 is 5.91 Å². The fourth-order valence-electron chi connectivity index (χ4n) is 3.44. The van der Waals surface area contributed by atoms with Crippen LogP contribution in [0.2, 0.25) is 0 Å². The summed E-state index contributed by atoms with van der Waals surface area (Å²) in [5, 5.41) is 0. The van der Waals surface area contributed by atoms with Crippen molar-refractivity contribution in [2.24, 2.45) is 5.92 Å². The van der Waals surface area contributed by atoms with E-state index in [4.69, 9.17) is 9.47 Å². The van der Waals surface area contributed by atoms with Gasteiger partial charge in [-0.1, -0.05) is 37.3 Å². The molecule has 1 unspecified atom stereocenters. The molecule has 0 saturated heterocycles. The van der Waals surface area contributed by atoms with Gasteiger partial charge in [0.1, 0.15) is 0 Å². The Morgan fingerprint density at radius 1 is 1.08 bits per heavy atom. The molecule has 0 fully saturated rings. The van der Waals surface area contributed by atoms with Gasteiger partial charge in [-0.25, -0.2) is 0 Å². The van der Waals surface area contributed by atoms with E-state index in [0.717, 1.165) is 18.5 Å². The maximum absolute atomic E-state index is 12.9. The van der Waals surface area contributed by atoms with E-state index in [0.29, 0.717) is 24.5 Å². The van der Waals surface area contributed by atoms with Crippen LogP contribution in [-0.4, -0.2) is 31.6 Å². The largest absolute Gasteiger partial charge is 0.493 e. The molecule has 0 aliphatic carbocycles. The standard InChI is InChI=1S/C21H25NO3/c1-15(12-16-8-9-19(24-2)20(13-16)25-3)21(23)22-11-10-17-6-4-5-7-18(17)14-22/h4-9,13,15H,10-12,14H2,1-3H3. The van der Waals surface area contributed by atoms with Crippen molar-refractivity contribution in [3.8, 4) is 11.5 Å². The fourth-order valence-corrected chi connectivity index (χ4v) is 3.44. The average Bonchev–Trinajstić information content (AvgIpc) is 2.66. The first-order valence-corrected chi connectivity index (χ1v) is 8.69. The van der Waals surface area contributed by atoms with Gasteiger partial charge < -0.3 is 14.4 Å². The molecule has 4 nitrogen and oxygen atoms in total. The van der Waals surface area contributed by atoms with Gasteiger partial charge in [-0.2, -0.15) is 0 Å². The molecule has 1 aliphatic rings. The lowest BCUT2D eigenvalue weighted by atomic mass is 9.96. The molecule has 0 aromatic heterocycles. The number of benzene rings is 2. The predicted octanol–water partition coefficient (Wildman–Crippen LogP) is 3.47. The maximum Gasteiger partial charge on any atom is 0.226 e. The highest BCUT2D eigenvalue weighted by atomic mass is 16.5. The highest BCUT2D eigenvalue weighted by molar-refractivity contribution is 5.79. The summed E-state index contributed by atoms with van der Waals surface area (Å²) in [6.45, 7) is 3.51. The van der Waals surface area contributed by atoms with Crippen LogP contribution in [-0.2, 0) is 24.2 Å². The van der Waals surface area contributed by atoms with E-state index in [1.165, 1.54) is 11.1 Å². The number of fused-ring (bicyclic) bond motifs is 1. The average molecular weight is 339 g/mol. The van der Waals surface area contributed by atoms with Gasteiger partial charge in [0.05, 0.1) is 14.2 Å². The second-order valence-corrected chi connectivity index (χ2v) is 6.57. The number of hydrogen-bond donors (Lipinski definition) is 0. The topological polar surface area (TPSA) is 38.8 Å². The fraction of sp³-hybridized carbons (Fsp3) is 0.381. The first kappa shape index (κ1) is 17.3. The van der Waals surface area contributed by atoms with Crippen LogP contribution in [0, 0.1) is 5.92 Å². The number of rotatable bonds is 5. The van der Waals surface area contributed by atoms with Gasteiger partial charge in [0, 0.05) is 19.0 Å². The van der Waals surface area contributed by atoms with E-state index in [9.17, 15) is 4.79 Å². The lowest BCUT2D eigenvalue weighted by Gasteiger charge is -2.31. The molecule has 0 saturated carbocycles. The first-order valence-electron chi connectivity index (χ1n) is 8.69. The molecule has 1 atom stereocenters. The molecule has 2 aromatic rings. The minimum Gasteiger partial charge on any atom is -0.493 e. The van der Waals surface area contributed by atoms with Crippen LogP contribution in [0.1, 0.15) is 23.6 Å². The molecular weight excluding hydrogens is 314 g/mol. The van der Waals surface area contributed by atoms with Gasteiger partial charge in [0.15, 0.2) is 11.5 Å². The van der Waals surface area contributed by atoms with Crippen LogP contribution in [0.15, 0.2) is 42.5 Å². The van der Waals surface area contributed by atoms with Gasteiger partial charge in [0.25, 0.3) is 0 Å². The van der Waals surface area contributed by atoms with Crippen molar-refractivity contribution in [1.29, 1.82) is 0 Å². The minimum atomic E-state index is -0.0663. The molecule has 25 heavy (non-hydrogen) atoms. The SMILES string of the molecule is COc1ccc(CC(C)C(=O)N2CCc3ccccc3C2)cc1OC. The Morgan fingerprint density at radius 2 is 1.80 bits per heavy atom. The normalized spacial score (nSPS) is 14.6. The Bertz CT molecular complexity index is 757. The molecule has 1 amide bonds. The zero-order valence-corrected chi connectivity index (χ0v) is 15.1. The molecule has 1 heterocycles. The van der Waals surface area contributed by atoms with Gasteiger partial charge in [-0.15, -0.1) is 0 Å². The molecule has 0 radical (unpaired) electrons.